The molecule has 0 bridgehead atoms. The van der Waals surface area contributed by atoms with Gasteiger partial charge in [-0.2, -0.15) is 0 Å². The molecule has 2 saturated heterocycles. The van der Waals surface area contributed by atoms with Gasteiger partial charge in [0.15, 0.2) is 0 Å². The maximum atomic E-state index is 12.6. The summed E-state index contributed by atoms with van der Waals surface area (Å²) in [6.45, 7) is 5.80. The van der Waals surface area contributed by atoms with E-state index in [4.69, 9.17) is 16.3 Å². The summed E-state index contributed by atoms with van der Waals surface area (Å²) in [7, 11) is 0. The molecule has 1 aromatic rings. The van der Waals surface area contributed by atoms with Crippen LogP contribution in [-0.2, 0) is 20.7 Å². The molecular formula is C19H26ClN3O3. The Hall–Kier alpha value is -1.63. The minimum Gasteiger partial charge on any atom is -0.378 e. The number of piperazine rings is 1. The van der Waals surface area contributed by atoms with Crippen molar-refractivity contribution in [1.82, 2.24) is 15.1 Å². The molecule has 2 heterocycles. The van der Waals surface area contributed by atoms with Crippen LogP contribution in [0.15, 0.2) is 24.3 Å². The largest absolute Gasteiger partial charge is 0.378 e. The minimum atomic E-state index is 0.00921. The molecule has 0 aromatic heterocycles. The van der Waals surface area contributed by atoms with Crippen molar-refractivity contribution >= 4 is 23.4 Å². The van der Waals surface area contributed by atoms with Crippen LogP contribution in [0.3, 0.4) is 0 Å². The fourth-order valence-electron chi connectivity index (χ4n) is 3.57. The number of hydrogen-bond acceptors (Lipinski definition) is 4. The Morgan fingerprint density at radius 3 is 2.85 bits per heavy atom. The normalized spacial score (nSPS) is 23.8. The van der Waals surface area contributed by atoms with E-state index in [0.717, 1.165) is 12.1 Å². The van der Waals surface area contributed by atoms with E-state index in [-0.39, 0.29) is 23.9 Å². The molecule has 3 rings (SSSR count). The average molecular weight is 380 g/mol. The number of nitrogens with zero attached hydrogens (tertiary/aromatic N) is 2. The number of nitrogens with one attached hydrogen (secondary N) is 1. The first-order valence-electron chi connectivity index (χ1n) is 9.16. The van der Waals surface area contributed by atoms with Crippen molar-refractivity contribution in [2.75, 3.05) is 39.4 Å². The number of halogens is 1. The van der Waals surface area contributed by atoms with Crippen LogP contribution in [0.4, 0.5) is 0 Å². The Kier molecular flexibility index (Phi) is 6.51. The van der Waals surface area contributed by atoms with Crippen molar-refractivity contribution in [1.29, 1.82) is 0 Å². The zero-order valence-electron chi connectivity index (χ0n) is 15.1. The zero-order valence-corrected chi connectivity index (χ0v) is 15.9. The van der Waals surface area contributed by atoms with E-state index in [1.54, 1.807) is 6.07 Å². The quantitative estimate of drug-likeness (QED) is 0.857. The molecule has 0 spiro atoms. The van der Waals surface area contributed by atoms with Gasteiger partial charge in [-0.05, 0) is 24.6 Å². The number of carbonyl (C=O) groups excluding carboxylic acids is 2. The van der Waals surface area contributed by atoms with E-state index in [1.165, 1.54) is 0 Å². The van der Waals surface area contributed by atoms with Crippen LogP contribution >= 0.6 is 11.6 Å². The van der Waals surface area contributed by atoms with E-state index in [1.807, 2.05) is 34.9 Å². The third-order valence-electron chi connectivity index (χ3n) is 4.96. The predicted molar refractivity (Wildman–Crippen MR) is 100 cm³/mol. The number of benzene rings is 1. The fraction of sp³-hybridized carbons (Fsp3) is 0.579. The highest BCUT2D eigenvalue weighted by molar-refractivity contribution is 6.30. The number of morpholine rings is 1. The van der Waals surface area contributed by atoms with E-state index >= 15 is 0 Å². The minimum absolute atomic E-state index is 0.00921. The number of rotatable bonds is 4. The Morgan fingerprint density at radius 2 is 2.15 bits per heavy atom. The highest BCUT2D eigenvalue weighted by atomic mass is 35.5. The smallest absolute Gasteiger partial charge is 0.227 e. The van der Waals surface area contributed by atoms with Gasteiger partial charge < -0.3 is 19.9 Å². The first-order chi connectivity index (χ1) is 12.5. The van der Waals surface area contributed by atoms with Gasteiger partial charge in [-0.3, -0.25) is 9.59 Å². The van der Waals surface area contributed by atoms with Crippen molar-refractivity contribution in [2.24, 2.45) is 0 Å². The summed E-state index contributed by atoms with van der Waals surface area (Å²) in [6, 6.07) is 7.49. The lowest BCUT2D eigenvalue weighted by Gasteiger charge is -2.40. The molecule has 2 unspecified atom stereocenters. The Balaban J connectivity index is 1.51. The van der Waals surface area contributed by atoms with Crippen LogP contribution in [0.25, 0.3) is 0 Å². The van der Waals surface area contributed by atoms with Gasteiger partial charge in [0.25, 0.3) is 0 Å². The predicted octanol–water partition coefficient (Wildman–Crippen LogP) is 1.32. The average Bonchev–Trinajstić information content (AvgIpc) is 2.62. The molecule has 0 aliphatic carbocycles. The second-order valence-corrected chi connectivity index (χ2v) is 7.45. The third-order valence-corrected chi connectivity index (χ3v) is 5.20. The van der Waals surface area contributed by atoms with E-state index < -0.39 is 0 Å². The summed E-state index contributed by atoms with van der Waals surface area (Å²) in [4.78, 5) is 28.9. The number of ether oxygens (including phenoxy) is 1. The molecule has 0 saturated carbocycles. The number of carbonyl (C=O) groups is 2. The highest BCUT2D eigenvalue weighted by Crippen LogP contribution is 2.16. The van der Waals surface area contributed by atoms with Gasteiger partial charge >= 0.3 is 0 Å². The van der Waals surface area contributed by atoms with E-state index in [0.29, 0.717) is 50.7 Å². The molecule has 2 fully saturated rings. The van der Waals surface area contributed by atoms with E-state index in [9.17, 15) is 9.59 Å². The lowest BCUT2D eigenvalue weighted by atomic mass is 10.1. The van der Waals surface area contributed by atoms with Crippen LogP contribution in [0.1, 0.15) is 18.9 Å². The summed E-state index contributed by atoms with van der Waals surface area (Å²) in [5.41, 5.74) is 0.913. The molecule has 2 aliphatic heterocycles. The first kappa shape index (κ1) is 19.1. The molecular weight excluding hydrogens is 354 g/mol. The molecule has 2 atom stereocenters. The van der Waals surface area contributed by atoms with Crippen LogP contribution < -0.4 is 5.32 Å². The van der Waals surface area contributed by atoms with Gasteiger partial charge in [0, 0.05) is 49.7 Å². The van der Waals surface area contributed by atoms with Crippen molar-refractivity contribution in [3.05, 3.63) is 34.9 Å². The lowest BCUT2D eigenvalue weighted by molar-refractivity contribution is -0.142. The van der Waals surface area contributed by atoms with Gasteiger partial charge in [-0.15, -0.1) is 0 Å². The summed E-state index contributed by atoms with van der Waals surface area (Å²) in [6.07, 6.45) is 0.783. The van der Waals surface area contributed by atoms with Crippen LogP contribution in [0, 0.1) is 0 Å². The van der Waals surface area contributed by atoms with Crippen LogP contribution in [-0.4, -0.2) is 73.1 Å². The van der Waals surface area contributed by atoms with Crippen LogP contribution in [0.2, 0.25) is 5.02 Å². The Labute approximate surface area is 159 Å². The SMILES string of the molecule is CC1CN(C(=O)CC2COCCN2)CCN1C(=O)Cc1cccc(Cl)c1. The van der Waals surface area contributed by atoms with Crippen molar-refractivity contribution in [2.45, 2.75) is 31.8 Å². The monoisotopic (exact) mass is 379 g/mol. The van der Waals surface area contributed by atoms with Crippen molar-refractivity contribution < 1.29 is 14.3 Å². The number of hydrogen-bond donors (Lipinski definition) is 1. The molecule has 1 aromatic carbocycles. The van der Waals surface area contributed by atoms with Gasteiger partial charge in [0.2, 0.25) is 11.8 Å². The molecule has 26 heavy (non-hydrogen) atoms. The summed E-state index contributed by atoms with van der Waals surface area (Å²) in [5.74, 6) is 0.205. The summed E-state index contributed by atoms with van der Waals surface area (Å²) < 4.78 is 5.41. The molecule has 2 aliphatic rings. The second-order valence-electron chi connectivity index (χ2n) is 7.01. The van der Waals surface area contributed by atoms with Gasteiger partial charge in [0.05, 0.1) is 19.6 Å². The lowest BCUT2D eigenvalue weighted by Crippen LogP contribution is -2.56. The third kappa shape index (κ3) is 4.96. The van der Waals surface area contributed by atoms with Crippen molar-refractivity contribution in [3.8, 4) is 0 Å². The van der Waals surface area contributed by atoms with Gasteiger partial charge in [-0.1, -0.05) is 23.7 Å². The summed E-state index contributed by atoms with van der Waals surface area (Å²) >= 11 is 5.99. The highest BCUT2D eigenvalue weighted by Gasteiger charge is 2.30. The van der Waals surface area contributed by atoms with E-state index in [2.05, 4.69) is 5.32 Å². The summed E-state index contributed by atoms with van der Waals surface area (Å²) in [5, 5.41) is 3.95. The standard InChI is InChI=1S/C19H26ClN3O3/c1-14-12-22(18(24)11-17-13-26-8-5-21-17)6-7-23(14)19(25)10-15-3-2-4-16(20)9-15/h2-4,9,14,17,21H,5-8,10-13H2,1H3. The number of amides is 2. The maximum absolute atomic E-state index is 12.6. The molecule has 1 N–H and O–H groups in total. The first-order valence-corrected chi connectivity index (χ1v) is 9.53. The molecule has 142 valence electrons. The van der Waals surface area contributed by atoms with Crippen molar-refractivity contribution in [3.63, 3.8) is 0 Å². The zero-order chi connectivity index (χ0) is 18.5. The maximum Gasteiger partial charge on any atom is 0.227 e. The fourth-order valence-corrected chi connectivity index (χ4v) is 3.78. The van der Waals surface area contributed by atoms with Gasteiger partial charge in [-0.25, -0.2) is 0 Å². The molecule has 2 amide bonds. The van der Waals surface area contributed by atoms with Gasteiger partial charge in [0.1, 0.15) is 0 Å². The van der Waals surface area contributed by atoms with Crippen LogP contribution in [0.5, 0.6) is 0 Å². The topological polar surface area (TPSA) is 61.9 Å². The Bertz CT molecular complexity index is 649. The molecule has 6 nitrogen and oxygen atoms in total. The second kappa shape index (κ2) is 8.84. The molecule has 0 radical (unpaired) electrons. The Morgan fingerprint density at radius 1 is 1.31 bits per heavy atom. The molecule has 7 heteroatoms.